The molecule has 0 bridgehead atoms. The minimum atomic E-state index is -0.0804. The molecule has 2 aromatic carbocycles. The van der Waals surface area contributed by atoms with Gasteiger partial charge < -0.3 is 9.90 Å². The highest BCUT2D eigenvalue weighted by atomic mass is 16.3. The molecule has 2 heteroatoms. The fraction of sp³-hybridized carbons (Fsp3) is 0.154. The molecule has 0 aromatic heterocycles. The molecular weight excluding hydrogens is 188 g/mol. The highest BCUT2D eigenvalue weighted by Crippen LogP contribution is 2.23. The maximum atomic E-state index is 10.7. The third-order valence-electron chi connectivity index (χ3n) is 2.58. The Morgan fingerprint density at radius 3 is 2.53 bits per heavy atom. The van der Waals surface area contributed by atoms with Crippen molar-refractivity contribution >= 4 is 17.1 Å². The summed E-state index contributed by atoms with van der Waals surface area (Å²) in [5.41, 5.74) is 1.00. The van der Waals surface area contributed by atoms with Gasteiger partial charge in [0.1, 0.15) is 12.0 Å². The summed E-state index contributed by atoms with van der Waals surface area (Å²) < 4.78 is 0. The molecule has 0 aliphatic heterocycles. The van der Waals surface area contributed by atoms with Gasteiger partial charge in [0.25, 0.3) is 0 Å². The molecule has 0 fully saturated rings. The van der Waals surface area contributed by atoms with Gasteiger partial charge in [-0.2, -0.15) is 0 Å². The van der Waals surface area contributed by atoms with Crippen molar-refractivity contribution < 1.29 is 9.90 Å². The van der Waals surface area contributed by atoms with E-state index < -0.39 is 0 Å². The summed E-state index contributed by atoms with van der Waals surface area (Å²) in [5, 5.41) is 11.3. The molecule has 2 nitrogen and oxygen atoms in total. The molecular formula is C13H12O2. The summed E-state index contributed by atoms with van der Waals surface area (Å²) in [6.07, 6.45) is 0.932. The standard InChI is InChI=1S/C13H12O2/c1-9(8-14)10-2-3-12-7-13(15)5-4-11(12)6-10/h2-9,15H,1H3. The van der Waals surface area contributed by atoms with Crippen LogP contribution in [-0.2, 0) is 4.79 Å². The molecule has 15 heavy (non-hydrogen) atoms. The summed E-state index contributed by atoms with van der Waals surface area (Å²) in [6.45, 7) is 1.87. The largest absolute Gasteiger partial charge is 0.508 e. The molecule has 2 rings (SSSR count). The number of rotatable bonds is 2. The van der Waals surface area contributed by atoms with Crippen LogP contribution in [0.4, 0.5) is 0 Å². The first-order valence-corrected chi connectivity index (χ1v) is 4.88. The molecule has 0 spiro atoms. The Hall–Kier alpha value is -1.83. The molecule has 76 valence electrons. The second-order valence-electron chi connectivity index (χ2n) is 3.72. The average molecular weight is 200 g/mol. The fourth-order valence-corrected chi connectivity index (χ4v) is 1.61. The van der Waals surface area contributed by atoms with Crippen molar-refractivity contribution in [2.75, 3.05) is 0 Å². The van der Waals surface area contributed by atoms with Crippen molar-refractivity contribution in [3.05, 3.63) is 42.0 Å². The summed E-state index contributed by atoms with van der Waals surface area (Å²) in [7, 11) is 0. The normalized spacial score (nSPS) is 12.6. The molecule has 0 radical (unpaired) electrons. The summed E-state index contributed by atoms with van der Waals surface area (Å²) in [5.74, 6) is 0.182. The molecule has 0 saturated heterocycles. The Morgan fingerprint density at radius 1 is 1.13 bits per heavy atom. The van der Waals surface area contributed by atoms with Gasteiger partial charge in [-0.1, -0.05) is 31.2 Å². The third-order valence-corrected chi connectivity index (χ3v) is 2.58. The molecule has 0 aliphatic carbocycles. The molecule has 0 aliphatic rings. The monoisotopic (exact) mass is 200 g/mol. The number of carbonyl (C=O) groups is 1. The molecule has 2 aromatic rings. The Labute approximate surface area is 88.2 Å². The van der Waals surface area contributed by atoms with Crippen molar-refractivity contribution in [3.63, 3.8) is 0 Å². The lowest BCUT2D eigenvalue weighted by Gasteiger charge is -2.06. The minimum absolute atomic E-state index is 0.0804. The van der Waals surface area contributed by atoms with Gasteiger partial charge in [0.2, 0.25) is 0 Å². The highest BCUT2D eigenvalue weighted by Gasteiger charge is 2.04. The first kappa shape index (κ1) is 9.71. The zero-order chi connectivity index (χ0) is 10.8. The van der Waals surface area contributed by atoms with Crippen LogP contribution in [0.25, 0.3) is 10.8 Å². The number of phenolic OH excluding ortho intramolecular Hbond substituents is 1. The third kappa shape index (κ3) is 1.84. The maximum Gasteiger partial charge on any atom is 0.127 e. The Morgan fingerprint density at radius 2 is 1.80 bits per heavy atom. The number of phenols is 1. The van der Waals surface area contributed by atoms with E-state index in [4.69, 9.17) is 0 Å². The summed E-state index contributed by atoms with van der Waals surface area (Å²) >= 11 is 0. The number of hydrogen-bond acceptors (Lipinski definition) is 2. The van der Waals surface area contributed by atoms with E-state index in [1.54, 1.807) is 12.1 Å². The zero-order valence-electron chi connectivity index (χ0n) is 8.47. The van der Waals surface area contributed by atoms with Gasteiger partial charge in [-0.3, -0.25) is 0 Å². The molecule has 1 atom stereocenters. The van der Waals surface area contributed by atoms with Crippen LogP contribution in [0.1, 0.15) is 18.4 Å². The van der Waals surface area contributed by atoms with Crippen molar-refractivity contribution in [2.45, 2.75) is 12.8 Å². The Bertz CT molecular complexity index is 503. The van der Waals surface area contributed by atoms with E-state index in [1.807, 2.05) is 31.2 Å². The van der Waals surface area contributed by atoms with Crippen LogP contribution in [0.15, 0.2) is 36.4 Å². The molecule has 0 heterocycles. The van der Waals surface area contributed by atoms with Crippen molar-refractivity contribution in [1.82, 2.24) is 0 Å². The second-order valence-corrected chi connectivity index (χ2v) is 3.72. The van der Waals surface area contributed by atoms with Crippen molar-refractivity contribution in [3.8, 4) is 5.75 Å². The van der Waals surface area contributed by atoms with Gasteiger partial charge in [0, 0.05) is 5.92 Å². The first-order chi connectivity index (χ1) is 7.20. The van der Waals surface area contributed by atoms with Crippen LogP contribution in [0.3, 0.4) is 0 Å². The predicted octanol–water partition coefficient (Wildman–Crippen LogP) is 2.85. The van der Waals surface area contributed by atoms with Crippen LogP contribution in [0, 0.1) is 0 Å². The zero-order valence-corrected chi connectivity index (χ0v) is 8.47. The van der Waals surface area contributed by atoms with E-state index in [-0.39, 0.29) is 11.7 Å². The SMILES string of the molecule is CC(C=O)c1ccc2cc(O)ccc2c1. The highest BCUT2D eigenvalue weighted by molar-refractivity contribution is 5.85. The first-order valence-electron chi connectivity index (χ1n) is 4.88. The molecule has 1 unspecified atom stereocenters. The molecule has 0 saturated carbocycles. The van der Waals surface area contributed by atoms with Gasteiger partial charge in [-0.05, 0) is 28.5 Å². The van der Waals surface area contributed by atoms with E-state index in [0.29, 0.717) is 0 Å². The van der Waals surface area contributed by atoms with E-state index >= 15 is 0 Å². The van der Waals surface area contributed by atoms with E-state index in [0.717, 1.165) is 22.6 Å². The molecule has 1 N–H and O–H groups in total. The minimum Gasteiger partial charge on any atom is -0.508 e. The topological polar surface area (TPSA) is 37.3 Å². The van der Waals surface area contributed by atoms with Gasteiger partial charge in [0.15, 0.2) is 0 Å². The lowest BCUT2D eigenvalue weighted by molar-refractivity contribution is -0.108. The average Bonchev–Trinajstić information content (AvgIpc) is 2.27. The molecule has 0 amide bonds. The number of carbonyl (C=O) groups excluding carboxylic acids is 1. The van der Waals surface area contributed by atoms with E-state index in [1.165, 1.54) is 0 Å². The van der Waals surface area contributed by atoms with Gasteiger partial charge in [-0.15, -0.1) is 0 Å². The number of benzene rings is 2. The summed E-state index contributed by atoms with van der Waals surface area (Å²) in [6, 6.07) is 11.0. The predicted molar refractivity (Wildman–Crippen MR) is 60.1 cm³/mol. The van der Waals surface area contributed by atoms with E-state index in [9.17, 15) is 9.90 Å². The van der Waals surface area contributed by atoms with Crippen LogP contribution >= 0.6 is 0 Å². The number of aromatic hydroxyl groups is 1. The van der Waals surface area contributed by atoms with Crippen molar-refractivity contribution in [1.29, 1.82) is 0 Å². The van der Waals surface area contributed by atoms with E-state index in [2.05, 4.69) is 0 Å². The van der Waals surface area contributed by atoms with Gasteiger partial charge in [-0.25, -0.2) is 0 Å². The second kappa shape index (κ2) is 3.73. The van der Waals surface area contributed by atoms with Crippen LogP contribution in [-0.4, -0.2) is 11.4 Å². The van der Waals surface area contributed by atoms with Crippen LogP contribution in [0.5, 0.6) is 5.75 Å². The van der Waals surface area contributed by atoms with Crippen LogP contribution < -0.4 is 0 Å². The maximum absolute atomic E-state index is 10.7. The van der Waals surface area contributed by atoms with Gasteiger partial charge >= 0.3 is 0 Å². The quantitative estimate of drug-likeness (QED) is 0.757. The van der Waals surface area contributed by atoms with Crippen molar-refractivity contribution in [2.24, 2.45) is 0 Å². The smallest absolute Gasteiger partial charge is 0.127 e. The Kier molecular flexibility index (Phi) is 2.42. The van der Waals surface area contributed by atoms with Gasteiger partial charge in [0.05, 0.1) is 0 Å². The summed E-state index contributed by atoms with van der Waals surface area (Å²) in [4.78, 5) is 10.7. The Balaban J connectivity index is 2.56. The number of fused-ring (bicyclic) bond motifs is 1. The van der Waals surface area contributed by atoms with Crippen LogP contribution in [0.2, 0.25) is 0 Å². The lowest BCUT2D eigenvalue weighted by Crippen LogP contribution is -1.93. The lowest BCUT2D eigenvalue weighted by atomic mass is 9.99. The number of aldehydes is 1. The number of hydrogen-bond donors (Lipinski definition) is 1. The fourth-order valence-electron chi connectivity index (χ4n) is 1.61.